The average Bonchev–Trinajstić information content (AvgIpc) is 2.92. The lowest BCUT2D eigenvalue weighted by molar-refractivity contribution is 0.471. The molecule has 0 amide bonds. The smallest absolute Gasteiger partial charge is 0.118 e. The van der Waals surface area contributed by atoms with Crippen molar-refractivity contribution >= 4 is 17.3 Å². The van der Waals surface area contributed by atoms with Gasteiger partial charge in [-0.2, -0.15) is 5.10 Å². The first-order valence-corrected chi connectivity index (χ1v) is 6.89. The molecular weight excluding hydrogens is 272 g/mol. The summed E-state index contributed by atoms with van der Waals surface area (Å²) in [5.74, 6) is 0.314. The molecule has 0 saturated heterocycles. The van der Waals surface area contributed by atoms with E-state index in [1.807, 2.05) is 43.3 Å². The first kappa shape index (κ1) is 13.0. The molecule has 0 aromatic heterocycles. The molecule has 0 radical (unpaired) electrons. The first-order valence-electron chi connectivity index (χ1n) is 6.51. The Labute approximate surface area is 122 Å². The Morgan fingerprint density at radius 2 is 1.95 bits per heavy atom. The Balaban J connectivity index is 1.78. The highest BCUT2D eigenvalue weighted by atomic mass is 35.5. The van der Waals surface area contributed by atoms with E-state index in [1.54, 1.807) is 6.07 Å². The molecule has 1 unspecified atom stereocenters. The van der Waals surface area contributed by atoms with Crippen LogP contribution >= 0.6 is 11.6 Å². The van der Waals surface area contributed by atoms with Gasteiger partial charge in [0.15, 0.2) is 0 Å². The molecule has 1 aliphatic heterocycles. The van der Waals surface area contributed by atoms with Crippen LogP contribution in [0.1, 0.15) is 29.2 Å². The predicted octanol–water partition coefficient (Wildman–Crippen LogP) is 3.79. The van der Waals surface area contributed by atoms with Gasteiger partial charge in [-0.25, -0.2) is 0 Å². The lowest BCUT2D eigenvalue weighted by atomic mass is 9.98. The van der Waals surface area contributed by atoms with Gasteiger partial charge in [0.2, 0.25) is 0 Å². The number of hydrogen-bond acceptors (Lipinski definition) is 3. The number of rotatable bonds is 2. The molecule has 2 N–H and O–H groups in total. The van der Waals surface area contributed by atoms with Crippen molar-refractivity contribution in [1.82, 2.24) is 5.43 Å². The van der Waals surface area contributed by atoms with Gasteiger partial charge in [0, 0.05) is 11.4 Å². The highest BCUT2D eigenvalue weighted by Crippen LogP contribution is 2.27. The summed E-state index contributed by atoms with van der Waals surface area (Å²) in [6.07, 6.45) is 0.825. The van der Waals surface area contributed by atoms with Crippen LogP contribution in [0, 0.1) is 6.92 Å². The maximum atomic E-state index is 9.57. The second-order valence-corrected chi connectivity index (χ2v) is 5.43. The molecule has 3 nitrogen and oxygen atoms in total. The predicted molar refractivity (Wildman–Crippen MR) is 81.3 cm³/mol. The molecule has 20 heavy (non-hydrogen) atoms. The van der Waals surface area contributed by atoms with Crippen LogP contribution in [0.3, 0.4) is 0 Å². The van der Waals surface area contributed by atoms with Gasteiger partial charge in [-0.05, 0) is 53.9 Å². The minimum atomic E-state index is 0.177. The lowest BCUT2D eigenvalue weighted by Gasteiger charge is -2.10. The number of halogens is 1. The van der Waals surface area contributed by atoms with Crippen molar-refractivity contribution < 1.29 is 5.11 Å². The molecule has 1 aliphatic rings. The van der Waals surface area contributed by atoms with E-state index in [9.17, 15) is 5.11 Å². The van der Waals surface area contributed by atoms with Gasteiger partial charge in [-0.3, -0.25) is 0 Å². The molecule has 0 fully saturated rings. The fourth-order valence-corrected chi connectivity index (χ4v) is 2.47. The molecule has 0 saturated carbocycles. The summed E-state index contributed by atoms with van der Waals surface area (Å²) in [5, 5.41) is 14.7. The molecule has 1 atom stereocenters. The van der Waals surface area contributed by atoms with Crippen LogP contribution in [0.15, 0.2) is 47.6 Å². The third-order valence-electron chi connectivity index (χ3n) is 3.56. The molecule has 2 aromatic rings. The Kier molecular flexibility index (Phi) is 3.36. The number of hydrogen-bond donors (Lipinski definition) is 2. The van der Waals surface area contributed by atoms with E-state index in [-0.39, 0.29) is 6.04 Å². The van der Waals surface area contributed by atoms with E-state index < -0.39 is 0 Å². The Morgan fingerprint density at radius 1 is 1.20 bits per heavy atom. The van der Waals surface area contributed by atoms with E-state index in [2.05, 4.69) is 10.5 Å². The number of phenolic OH excluding ortho intramolecular Hbond substituents is 1. The van der Waals surface area contributed by atoms with Gasteiger partial charge < -0.3 is 10.5 Å². The Hall–Kier alpha value is -2.00. The van der Waals surface area contributed by atoms with Crippen LogP contribution in [-0.4, -0.2) is 10.8 Å². The number of aryl methyl sites for hydroxylation is 1. The van der Waals surface area contributed by atoms with Crippen LogP contribution in [0.5, 0.6) is 5.75 Å². The zero-order valence-electron chi connectivity index (χ0n) is 11.1. The van der Waals surface area contributed by atoms with Gasteiger partial charge in [0.05, 0.1) is 11.8 Å². The van der Waals surface area contributed by atoms with E-state index >= 15 is 0 Å². The number of nitrogens with one attached hydrogen (secondary N) is 1. The SMILES string of the molecule is Cc1cc(C2=NNC(c3ccc(Cl)cc3)C2)ccc1O. The molecule has 2 aromatic carbocycles. The molecule has 0 spiro atoms. The maximum absolute atomic E-state index is 9.57. The number of aromatic hydroxyl groups is 1. The van der Waals surface area contributed by atoms with Crippen molar-refractivity contribution in [3.8, 4) is 5.75 Å². The van der Waals surface area contributed by atoms with Crippen molar-refractivity contribution in [2.24, 2.45) is 5.10 Å². The highest BCUT2D eigenvalue weighted by Gasteiger charge is 2.21. The van der Waals surface area contributed by atoms with Crippen molar-refractivity contribution in [2.45, 2.75) is 19.4 Å². The van der Waals surface area contributed by atoms with E-state index in [4.69, 9.17) is 11.6 Å². The molecular formula is C16H15ClN2O. The number of hydrazone groups is 1. The third kappa shape index (κ3) is 2.49. The van der Waals surface area contributed by atoms with E-state index in [1.165, 1.54) is 5.56 Å². The molecule has 3 rings (SSSR count). The molecule has 1 heterocycles. The molecule has 0 aliphatic carbocycles. The summed E-state index contributed by atoms with van der Waals surface area (Å²) in [6.45, 7) is 1.89. The summed E-state index contributed by atoms with van der Waals surface area (Å²) < 4.78 is 0. The third-order valence-corrected chi connectivity index (χ3v) is 3.81. The van der Waals surface area contributed by atoms with Gasteiger partial charge in [0.1, 0.15) is 5.75 Å². The van der Waals surface area contributed by atoms with Crippen molar-refractivity contribution in [2.75, 3.05) is 0 Å². The standard InChI is InChI=1S/C16H15ClN2O/c1-10-8-12(4-7-16(10)20)15-9-14(18-19-15)11-2-5-13(17)6-3-11/h2-8,14,18,20H,9H2,1H3. The average molecular weight is 287 g/mol. The minimum Gasteiger partial charge on any atom is -0.508 e. The quantitative estimate of drug-likeness (QED) is 0.882. The summed E-state index contributed by atoms with van der Waals surface area (Å²) in [7, 11) is 0. The fourth-order valence-electron chi connectivity index (χ4n) is 2.35. The summed E-state index contributed by atoms with van der Waals surface area (Å²) in [5.41, 5.74) is 7.24. The molecule has 4 heteroatoms. The van der Waals surface area contributed by atoms with Gasteiger partial charge in [-0.1, -0.05) is 23.7 Å². The normalized spacial score (nSPS) is 17.7. The lowest BCUT2D eigenvalue weighted by Crippen LogP contribution is -2.09. The van der Waals surface area contributed by atoms with Crippen LogP contribution in [0.25, 0.3) is 0 Å². The first-order chi connectivity index (χ1) is 9.63. The second-order valence-electron chi connectivity index (χ2n) is 5.00. The van der Waals surface area contributed by atoms with Crippen molar-refractivity contribution in [1.29, 1.82) is 0 Å². The minimum absolute atomic E-state index is 0.177. The van der Waals surface area contributed by atoms with Crippen LogP contribution < -0.4 is 5.43 Å². The van der Waals surface area contributed by atoms with E-state index in [0.29, 0.717) is 5.75 Å². The zero-order chi connectivity index (χ0) is 14.1. The number of phenols is 1. The van der Waals surface area contributed by atoms with Gasteiger partial charge in [0.25, 0.3) is 0 Å². The Bertz CT molecular complexity index is 665. The molecule has 102 valence electrons. The maximum Gasteiger partial charge on any atom is 0.118 e. The topological polar surface area (TPSA) is 44.6 Å². The second kappa shape index (κ2) is 5.17. The van der Waals surface area contributed by atoms with Crippen molar-refractivity contribution in [3.63, 3.8) is 0 Å². The fraction of sp³-hybridized carbons (Fsp3) is 0.188. The van der Waals surface area contributed by atoms with E-state index in [0.717, 1.165) is 28.3 Å². The van der Waals surface area contributed by atoms with Gasteiger partial charge in [-0.15, -0.1) is 0 Å². The summed E-state index contributed by atoms with van der Waals surface area (Å²) >= 11 is 5.90. The van der Waals surface area contributed by atoms with Crippen LogP contribution in [0.2, 0.25) is 5.02 Å². The highest BCUT2D eigenvalue weighted by molar-refractivity contribution is 6.30. The summed E-state index contributed by atoms with van der Waals surface area (Å²) in [6, 6.07) is 13.6. The number of benzene rings is 2. The summed E-state index contributed by atoms with van der Waals surface area (Å²) in [4.78, 5) is 0. The largest absolute Gasteiger partial charge is 0.508 e. The molecule has 0 bridgehead atoms. The monoisotopic (exact) mass is 286 g/mol. The van der Waals surface area contributed by atoms with Crippen LogP contribution in [0.4, 0.5) is 0 Å². The van der Waals surface area contributed by atoms with Gasteiger partial charge >= 0.3 is 0 Å². The Morgan fingerprint density at radius 3 is 2.65 bits per heavy atom. The zero-order valence-corrected chi connectivity index (χ0v) is 11.9. The van der Waals surface area contributed by atoms with Crippen molar-refractivity contribution in [3.05, 3.63) is 64.2 Å². The number of nitrogens with zero attached hydrogens (tertiary/aromatic N) is 1. The van der Waals surface area contributed by atoms with Crippen LogP contribution in [-0.2, 0) is 0 Å².